The fraction of sp³-hybridized carbons (Fsp3) is 0.120. The van der Waals surface area contributed by atoms with E-state index in [1.165, 1.54) is 12.0 Å². The Hall–Kier alpha value is -4.06. The van der Waals surface area contributed by atoms with Crippen LogP contribution in [0.4, 0.5) is 11.4 Å². The van der Waals surface area contributed by atoms with Crippen molar-refractivity contribution in [2.75, 3.05) is 24.4 Å². The highest BCUT2D eigenvalue weighted by Gasteiger charge is 2.41. The van der Waals surface area contributed by atoms with Crippen LogP contribution in [0.25, 0.3) is 5.57 Å². The molecule has 31 heavy (non-hydrogen) atoms. The number of hydrogen-bond acceptors (Lipinski definition) is 5. The van der Waals surface area contributed by atoms with E-state index in [2.05, 4.69) is 5.32 Å². The van der Waals surface area contributed by atoms with E-state index in [-0.39, 0.29) is 11.6 Å². The number of ether oxygens (including phenoxy) is 2. The molecule has 6 heteroatoms. The summed E-state index contributed by atoms with van der Waals surface area (Å²) in [6.45, 7) is 1.87. The highest BCUT2D eigenvalue weighted by atomic mass is 16.5. The Morgan fingerprint density at radius 2 is 1.52 bits per heavy atom. The molecule has 0 spiro atoms. The van der Waals surface area contributed by atoms with Crippen molar-refractivity contribution >= 4 is 28.8 Å². The predicted octanol–water partition coefficient (Wildman–Crippen LogP) is 4.41. The quantitative estimate of drug-likeness (QED) is 0.605. The molecule has 0 unspecified atom stereocenters. The number of benzene rings is 3. The Balaban J connectivity index is 1.84. The molecule has 0 saturated carbocycles. The van der Waals surface area contributed by atoms with Gasteiger partial charge in [0, 0.05) is 6.07 Å². The number of carbonyl (C=O) groups is 2. The third kappa shape index (κ3) is 3.64. The lowest BCUT2D eigenvalue weighted by Gasteiger charge is -2.18. The van der Waals surface area contributed by atoms with E-state index < -0.39 is 5.91 Å². The molecule has 6 nitrogen and oxygen atoms in total. The number of para-hydroxylation sites is 1. The molecule has 2 amide bonds. The SMILES string of the molecule is COc1ccc(NC2=C(c3ccccc3)C(=O)N(c3ccccc3C)C2=O)c(OC)c1. The van der Waals surface area contributed by atoms with Crippen LogP contribution in [0.15, 0.2) is 78.5 Å². The monoisotopic (exact) mass is 414 g/mol. The van der Waals surface area contributed by atoms with Gasteiger partial charge in [0.05, 0.1) is 31.2 Å². The van der Waals surface area contributed by atoms with Crippen molar-refractivity contribution in [1.82, 2.24) is 0 Å². The van der Waals surface area contributed by atoms with Gasteiger partial charge in [-0.1, -0.05) is 48.5 Å². The summed E-state index contributed by atoms with van der Waals surface area (Å²) in [6.07, 6.45) is 0. The number of aryl methyl sites for hydroxylation is 1. The van der Waals surface area contributed by atoms with Crippen LogP contribution in [-0.4, -0.2) is 26.0 Å². The first kappa shape index (κ1) is 20.2. The number of amides is 2. The van der Waals surface area contributed by atoms with Gasteiger partial charge in [-0.2, -0.15) is 0 Å². The molecule has 1 aliphatic heterocycles. The first-order valence-electron chi connectivity index (χ1n) is 9.78. The fourth-order valence-corrected chi connectivity index (χ4v) is 3.59. The van der Waals surface area contributed by atoms with Gasteiger partial charge < -0.3 is 14.8 Å². The number of rotatable bonds is 6. The molecule has 1 heterocycles. The lowest BCUT2D eigenvalue weighted by Crippen LogP contribution is -2.33. The Morgan fingerprint density at radius 3 is 2.19 bits per heavy atom. The van der Waals surface area contributed by atoms with E-state index in [0.29, 0.717) is 34.0 Å². The lowest BCUT2D eigenvalue weighted by atomic mass is 10.0. The zero-order chi connectivity index (χ0) is 22.0. The molecule has 156 valence electrons. The van der Waals surface area contributed by atoms with Crippen LogP contribution < -0.4 is 19.7 Å². The maximum absolute atomic E-state index is 13.5. The van der Waals surface area contributed by atoms with Gasteiger partial charge in [0.25, 0.3) is 11.8 Å². The number of nitrogens with one attached hydrogen (secondary N) is 1. The predicted molar refractivity (Wildman–Crippen MR) is 120 cm³/mol. The minimum atomic E-state index is -0.420. The van der Waals surface area contributed by atoms with E-state index in [0.717, 1.165) is 5.56 Å². The minimum absolute atomic E-state index is 0.197. The summed E-state index contributed by atoms with van der Waals surface area (Å²) < 4.78 is 10.7. The fourth-order valence-electron chi connectivity index (χ4n) is 3.59. The van der Waals surface area contributed by atoms with Gasteiger partial charge in [-0.25, -0.2) is 4.90 Å². The lowest BCUT2D eigenvalue weighted by molar-refractivity contribution is -0.120. The van der Waals surface area contributed by atoms with E-state index in [4.69, 9.17) is 9.47 Å². The first-order valence-corrected chi connectivity index (χ1v) is 9.78. The average molecular weight is 414 g/mol. The molecular formula is C25H22N2O4. The molecule has 0 radical (unpaired) electrons. The third-order valence-corrected chi connectivity index (χ3v) is 5.17. The van der Waals surface area contributed by atoms with Gasteiger partial charge in [-0.15, -0.1) is 0 Å². The van der Waals surface area contributed by atoms with Gasteiger partial charge in [-0.3, -0.25) is 9.59 Å². The zero-order valence-electron chi connectivity index (χ0n) is 17.5. The molecule has 3 aromatic carbocycles. The highest BCUT2D eigenvalue weighted by Crippen LogP contribution is 2.37. The molecule has 0 fully saturated rings. The molecule has 0 aliphatic carbocycles. The van der Waals surface area contributed by atoms with Crippen molar-refractivity contribution in [3.63, 3.8) is 0 Å². The Bertz CT molecular complexity index is 1190. The second kappa shape index (κ2) is 8.36. The number of nitrogens with zero attached hydrogens (tertiary/aromatic N) is 1. The minimum Gasteiger partial charge on any atom is -0.497 e. The standard InChI is InChI=1S/C25H22N2O4/c1-16-9-7-8-12-20(16)27-24(28)22(17-10-5-4-6-11-17)23(25(27)29)26-19-14-13-18(30-2)15-21(19)31-3/h4-15,26H,1-3H3. The molecule has 1 N–H and O–H groups in total. The molecular weight excluding hydrogens is 392 g/mol. The summed E-state index contributed by atoms with van der Waals surface area (Å²) in [5.41, 5.74) is 3.12. The molecule has 3 aromatic rings. The van der Waals surface area contributed by atoms with E-state index >= 15 is 0 Å². The van der Waals surface area contributed by atoms with Gasteiger partial charge in [0.2, 0.25) is 0 Å². The maximum Gasteiger partial charge on any atom is 0.282 e. The second-order valence-corrected chi connectivity index (χ2v) is 7.04. The average Bonchev–Trinajstić information content (AvgIpc) is 3.04. The number of carbonyl (C=O) groups excluding carboxylic acids is 2. The molecule has 4 rings (SSSR count). The molecule has 1 aliphatic rings. The maximum atomic E-state index is 13.5. The summed E-state index contributed by atoms with van der Waals surface area (Å²) in [7, 11) is 3.10. The van der Waals surface area contributed by atoms with Crippen LogP contribution >= 0.6 is 0 Å². The second-order valence-electron chi connectivity index (χ2n) is 7.04. The summed E-state index contributed by atoms with van der Waals surface area (Å²) in [4.78, 5) is 28.2. The van der Waals surface area contributed by atoms with Crippen LogP contribution in [0.2, 0.25) is 0 Å². The summed E-state index contributed by atoms with van der Waals surface area (Å²) in [5, 5.41) is 3.15. The van der Waals surface area contributed by atoms with Crippen molar-refractivity contribution in [3.8, 4) is 11.5 Å². The largest absolute Gasteiger partial charge is 0.497 e. The highest BCUT2D eigenvalue weighted by molar-refractivity contribution is 6.46. The smallest absolute Gasteiger partial charge is 0.282 e. The molecule has 0 bridgehead atoms. The topological polar surface area (TPSA) is 67.9 Å². The summed E-state index contributed by atoms with van der Waals surface area (Å²) in [6, 6.07) is 21.7. The van der Waals surface area contributed by atoms with E-state index in [1.54, 1.807) is 31.4 Å². The molecule has 0 aromatic heterocycles. The van der Waals surface area contributed by atoms with Gasteiger partial charge >= 0.3 is 0 Å². The summed E-state index contributed by atoms with van der Waals surface area (Å²) in [5.74, 6) is 0.320. The van der Waals surface area contributed by atoms with Crippen LogP contribution in [0.5, 0.6) is 11.5 Å². The van der Waals surface area contributed by atoms with Crippen LogP contribution in [0, 0.1) is 6.92 Å². The molecule has 0 atom stereocenters. The van der Waals surface area contributed by atoms with Crippen LogP contribution in [0.3, 0.4) is 0 Å². The van der Waals surface area contributed by atoms with E-state index in [9.17, 15) is 9.59 Å². The van der Waals surface area contributed by atoms with Crippen molar-refractivity contribution in [2.45, 2.75) is 6.92 Å². The van der Waals surface area contributed by atoms with Crippen molar-refractivity contribution in [1.29, 1.82) is 0 Å². The van der Waals surface area contributed by atoms with E-state index in [1.807, 2.05) is 55.5 Å². The van der Waals surface area contributed by atoms with Crippen LogP contribution in [0.1, 0.15) is 11.1 Å². The number of hydrogen-bond donors (Lipinski definition) is 1. The number of methoxy groups -OCH3 is 2. The van der Waals surface area contributed by atoms with Gasteiger partial charge in [0.15, 0.2) is 0 Å². The molecule has 0 saturated heterocycles. The normalized spacial score (nSPS) is 13.6. The Morgan fingerprint density at radius 1 is 0.806 bits per heavy atom. The van der Waals surface area contributed by atoms with Crippen LogP contribution in [-0.2, 0) is 9.59 Å². The summed E-state index contributed by atoms with van der Waals surface area (Å²) >= 11 is 0. The van der Waals surface area contributed by atoms with Crippen molar-refractivity contribution < 1.29 is 19.1 Å². The zero-order valence-corrected chi connectivity index (χ0v) is 17.5. The number of anilines is 2. The first-order chi connectivity index (χ1) is 15.0. The Labute approximate surface area is 180 Å². The van der Waals surface area contributed by atoms with Crippen molar-refractivity contribution in [3.05, 3.63) is 89.6 Å². The Kier molecular flexibility index (Phi) is 5.45. The third-order valence-electron chi connectivity index (χ3n) is 5.17. The van der Waals surface area contributed by atoms with Gasteiger partial charge in [0.1, 0.15) is 17.2 Å². The van der Waals surface area contributed by atoms with Gasteiger partial charge in [-0.05, 0) is 36.2 Å². The van der Waals surface area contributed by atoms with Crippen molar-refractivity contribution in [2.24, 2.45) is 0 Å². The number of imide groups is 1.